The van der Waals surface area contributed by atoms with Crippen molar-refractivity contribution in [2.24, 2.45) is 0 Å². The monoisotopic (exact) mass is 309 g/mol. The summed E-state index contributed by atoms with van der Waals surface area (Å²) in [5, 5.41) is 19.3. The molecule has 0 unspecified atom stereocenters. The highest BCUT2D eigenvalue weighted by Crippen LogP contribution is 2.21. The summed E-state index contributed by atoms with van der Waals surface area (Å²) >= 11 is 0. The molecule has 1 aromatic heterocycles. The van der Waals surface area contributed by atoms with E-state index in [1.54, 1.807) is 18.7 Å². The largest absolute Gasteiger partial charge is 0.393 e. The first kappa shape index (κ1) is 16.6. The molecule has 1 aromatic rings. The minimum Gasteiger partial charge on any atom is -0.393 e. The lowest BCUT2D eigenvalue weighted by Crippen LogP contribution is -2.52. The molecule has 7 nitrogen and oxygen atoms in total. The number of aromatic amines is 1. The number of aryl methyl sites for hydroxylation is 2. The van der Waals surface area contributed by atoms with Crippen LogP contribution in [0.3, 0.4) is 0 Å². The van der Waals surface area contributed by atoms with Crippen LogP contribution in [0.15, 0.2) is 4.79 Å². The van der Waals surface area contributed by atoms with Gasteiger partial charge in [-0.05, 0) is 38.7 Å². The summed E-state index contributed by atoms with van der Waals surface area (Å²) in [4.78, 5) is 31.7. The summed E-state index contributed by atoms with van der Waals surface area (Å²) in [6, 6.07) is 0. The van der Waals surface area contributed by atoms with Crippen LogP contribution < -0.4 is 5.69 Å². The van der Waals surface area contributed by atoms with Crippen LogP contribution in [-0.4, -0.2) is 56.3 Å². The zero-order chi connectivity index (χ0) is 16.3. The zero-order valence-corrected chi connectivity index (χ0v) is 13.1. The van der Waals surface area contributed by atoms with Crippen molar-refractivity contribution in [1.82, 2.24) is 14.9 Å². The van der Waals surface area contributed by atoms with E-state index in [9.17, 15) is 19.8 Å². The Balaban J connectivity index is 2.00. The summed E-state index contributed by atoms with van der Waals surface area (Å²) < 4.78 is 0. The Bertz CT molecular complexity index is 587. The third kappa shape index (κ3) is 3.72. The molecule has 2 rings (SSSR count). The van der Waals surface area contributed by atoms with Gasteiger partial charge in [0, 0.05) is 24.4 Å². The first-order valence-corrected chi connectivity index (χ1v) is 7.52. The molecule has 0 spiro atoms. The van der Waals surface area contributed by atoms with Crippen LogP contribution in [0.25, 0.3) is 0 Å². The van der Waals surface area contributed by atoms with Crippen molar-refractivity contribution in [3.63, 3.8) is 0 Å². The number of amides is 1. The SMILES string of the molecule is Cc1nc(=O)[nH]c(C)c1CCC(=O)N1CCC[C@](O)(CO)C1. The molecule has 0 aromatic carbocycles. The standard InChI is InChI=1S/C15H23N3O4/c1-10-12(11(2)17-14(21)16-10)4-5-13(20)18-7-3-6-15(22,8-18)9-19/h19,22H,3-9H2,1-2H3,(H,16,17,21)/t15-/m1/s1. The molecular formula is C15H23N3O4. The van der Waals surface area contributed by atoms with Gasteiger partial charge < -0.3 is 20.1 Å². The molecular weight excluding hydrogens is 286 g/mol. The molecule has 2 heterocycles. The molecule has 1 aliphatic rings. The molecule has 7 heteroatoms. The highest BCUT2D eigenvalue weighted by atomic mass is 16.3. The molecule has 1 aliphatic heterocycles. The number of piperidine rings is 1. The molecule has 1 amide bonds. The van der Waals surface area contributed by atoms with Crippen molar-refractivity contribution in [1.29, 1.82) is 0 Å². The number of carbonyl (C=O) groups excluding carboxylic acids is 1. The zero-order valence-electron chi connectivity index (χ0n) is 13.1. The second-order valence-electron chi connectivity index (χ2n) is 6.03. The van der Waals surface area contributed by atoms with Crippen LogP contribution in [0.2, 0.25) is 0 Å². The number of aliphatic hydroxyl groups excluding tert-OH is 1. The number of β-amino-alcohol motifs (C(OH)–C–C–N with tert-alkyl or cyclic N) is 1. The number of hydrogen-bond donors (Lipinski definition) is 3. The van der Waals surface area contributed by atoms with Crippen molar-refractivity contribution in [3.8, 4) is 0 Å². The maximum Gasteiger partial charge on any atom is 0.345 e. The Hall–Kier alpha value is -1.73. The van der Waals surface area contributed by atoms with Crippen LogP contribution >= 0.6 is 0 Å². The van der Waals surface area contributed by atoms with E-state index in [2.05, 4.69) is 9.97 Å². The van der Waals surface area contributed by atoms with Gasteiger partial charge in [0.05, 0.1) is 13.2 Å². The minimum absolute atomic E-state index is 0.0587. The lowest BCUT2D eigenvalue weighted by molar-refractivity contribution is -0.140. The highest BCUT2D eigenvalue weighted by molar-refractivity contribution is 5.76. The number of nitrogens with zero attached hydrogens (tertiary/aromatic N) is 2. The van der Waals surface area contributed by atoms with E-state index in [1.165, 1.54) is 0 Å². The Morgan fingerprint density at radius 3 is 2.82 bits per heavy atom. The predicted octanol–water partition coefficient (Wildman–Crippen LogP) is -0.335. The van der Waals surface area contributed by atoms with Gasteiger partial charge in [-0.1, -0.05) is 0 Å². The molecule has 0 radical (unpaired) electrons. The van der Waals surface area contributed by atoms with Gasteiger partial charge in [-0.15, -0.1) is 0 Å². The smallest absolute Gasteiger partial charge is 0.345 e. The van der Waals surface area contributed by atoms with Crippen molar-refractivity contribution >= 4 is 5.91 Å². The number of carbonyl (C=O) groups is 1. The Labute approximate surface area is 129 Å². The summed E-state index contributed by atoms with van der Waals surface area (Å²) in [5.74, 6) is -0.0587. The van der Waals surface area contributed by atoms with Gasteiger partial charge >= 0.3 is 5.69 Å². The van der Waals surface area contributed by atoms with Gasteiger partial charge in [0.15, 0.2) is 0 Å². The van der Waals surface area contributed by atoms with E-state index in [0.29, 0.717) is 31.5 Å². The summed E-state index contributed by atoms with van der Waals surface area (Å²) in [6.45, 7) is 3.99. The third-order valence-electron chi connectivity index (χ3n) is 4.24. The number of hydrogen-bond acceptors (Lipinski definition) is 5. The van der Waals surface area contributed by atoms with Crippen LogP contribution in [0.1, 0.15) is 36.2 Å². The van der Waals surface area contributed by atoms with Gasteiger partial charge in [0.1, 0.15) is 5.60 Å². The molecule has 1 fully saturated rings. The fourth-order valence-corrected chi connectivity index (χ4v) is 2.97. The lowest BCUT2D eigenvalue weighted by Gasteiger charge is -2.38. The molecule has 22 heavy (non-hydrogen) atoms. The Morgan fingerprint density at radius 1 is 1.45 bits per heavy atom. The second kappa shape index (κ2) is 6.58. The van der Waals surface area contributed by atoms with E-state index in [-0.39, 0.29) is 31.2 Å². The fourth-order valence-electron chi connectivity index (χ4n) is 2.97. The third-order valence-corrected chi connectivity index (χ3v) is 4.24. The van der Waals surface area contributed by atoms with E-state index in [4.69, 9.17) is 0 Å². The number of aliphatic hydroxyl groups is 2. The fraction of sp³-hybridized carbons (Fsp3) is 0.667. The normalized spacial score (nSPS) is 21.9. The van der Waals surface area contributed by atoms with E-state index in [0.717, 1.165) is 11.3 Å². The van der Waals surface area contributed by atoms with Crippen LogP contribution in [0, 0.1) is 13.8 Å². The topological polar surface area (TPSA) is 107 Å². The van der Waals surface area contributed by atoms with Gasteiger partial charge in [-0.2, -0.15) is 4.98 Å². The van der Waals surface area contributed by atoms with Gasteiger partial charge in [0.25, 0.3) is 0 Å². The maximum atomic E-state index is 12.3. The van der Waals surface area contributed by atoms with Crippen LogP contribution in [0.4, 0.5) is 0 Å². The summed E-state index contributed by atoms with van der Waals surface area (Å²) in [5.41, 5.74) is 0.686. The maximum absolute atomic E-state index is 12.3. The average molecular weight is 309 g/mol. The summed E-state index contributed by atoms with van der Waals surface area (Å²) in [6.07, 6.45) is 1.97. The summed E-state index contributed by atoms with van der Waals surface area (Å²) in [7, 11) is 0. The molecule has 0 bridgehead atoms. The number of rotatable bonds is 4. The number of aromatic nitrogens is 2. The van der Waals surface area contributed by atoms with Crippen LogP contribution in [-0.2, 0) is 11.2 Å². The molecule has 3 N–H and O–H groups in total. The van der Waals surface area contributed by atoms with Crippen molar-refractivity contribution in [2.75, 3.05) is 19.7 Å². The molecule has 122 valence electrons. The van der Waals surface area contributed by atoms with E-state index >= 15 is 0 Å². The first-order valence-electron chi connectivity index (χ1n) is 7.52. The van der Waals surface area contributed by atoms with Gasteiger partial charge in [-0.25, -0.2) is 4.79 Å². The average Bonchev–Trinajstić information content (AvgIpc) is 2.46. The van der Waals surface area contributed by atoms with Crippen LogP contribution in [0.5, 0.6) is 0 Å². The quantitative estimate of drug-likeness (QED) is 0.706. The van der Waals surface area contributed by atoms with E-state index in [1.807, 2.05) is 0 Å². The Morgan fingerprint density at radius 2 is 2.18 bits per heavy atom. The molecule has 1 saturated heterocycles. The lowest BCUT2D eigenvalue weighted by atomic mass is 9.93. The highest BCUT2D eigenvalue weighted by Gasteiger charge is 2.34. The van der Waals surface area contributed by atoms with Crippen molar-refractivity contribution < 1.29 is 15.0 Å². The Kier molecular flexibility index (Phi) is 4.97. The van der Waals surface area contributed by atoms with Crippen molar-refractivity contribution in [2.45, 2.75) is 45.1 Å². The van der Waals surface area contributed by atoms with Gasteiger partial charge in [0.2, 0.25) is 5.91 Å². The van der Waals surface area contributed by atoms with E-state index < -0.39 is 5.60 Å². The van der Waals surface area contributed by atoms with Gasteiger partial charge in [-0.3, -0.25) is 4.79 Å². The minimum atomic E-state index is -1.18. The first-order chi connectivity index (χ1) is 10.3. The molecule has 0 saturated carbocycles. The second-order valence-corrected chi connectivity index (χ2v) is 6.03. The number of nitrogens with one attached hydrogen (secondary N) is 1. The molecule has 0 aliphatic carbocycles. The van der Waals surface area contributed by atoms with Crippen molar-refractivity contribution in [3.05, 3.63) is 27.4 Å². The predicted molar refractivity (Wildman–Crippen MR) is 80.5 cm³/mol. The number of likely N-dealkylation sites (tertiary alicyclic amines) is 1. The number of H-pyrrole nitrogens is 1. The molecule has 1 atom stereocenters.